The van der Waals surface area contributed by atoms with Crippen LogP contribution in [0.4, 0.5) is 11.4 Å². The molecule has 3 nitrogen and oxygen atoms in total. The lowest BCUT2D eigenvalue weighted by Crippen LogP contribution is -2.30. The molecule has 1 saturated heterocycles. The molecule has 92 valence electrons. The standard InChI is InChI=1S/C14H20N2O/c1-11-10-17-14-9-12(5-6-13(14)15-11)16-7-3-2-4-8-16/h5-6,9,11,15H,2-4,7-8,10H2,1H3. The van der Waals surface area contributed by atoms with Crippen LogP contribution in [-0.2, 0) is 0 Å². The molecule has 1 aromatic rings. The smallest absolute Gasteiger partial charge is 0.144 e. The van der Waals surface area contributed by atoms with Gasteiger partial charge in [-0.1, -0.05) is 0 Å². The maximum absolute atomic E-state index is 5.78. The molecular formula is C14H20N2O. The van der Waals surface area contributed by atoms with Crippen LogP contribution in [0, 0.1) is 0 Å². The zero-order valence-electron chi connectivity index (χ0n) is 10.4. The molecule has 0 saturated carbocycles. The largest absolute Gasteiger partial charge is 0.489 e. The number of fused-ring (bicyclic) bond motifs is 1. The molecule has 2 aliphatic rings. The van der Waals surface area contributed by atoms with Crippen molar-refractivity contribution >= 4 is 11.4 Å². The number of ether oxygens (including phenoxy) is 1. The van der Waals surface area contributed by atoms with E-state index < -0.39 is 0 Å². The van der Waals surface area contributed by atoms with E-state index in [-0.39, 0.29) is 0 Å². The van der Waals surface area contributed by atoms with Gasteiger partial charge in [-0.25, -0.2) is 0 Å². The molecule has 3 heteroatoms. The lowest BCUT2D eigenvalue weighted by atomic mass is 10.1. The molecule has 2 aliphatic heterocycles. The molecule has 1 aromatic carbocycles. The Kier molecular flexibility index (Phi) is 2.83. The van der Waals surface area contributed by atoms with Crippen LogP contribution in [0.15, 0.2) is 18.2 Å². The Morgan fingerprint density at radius 2 is 2.06 bits per heavy atom. The van der Waals surface area contributed by atoms with Crippen molar-refractivity contribution in [2.75, 3.05) is 29.9 Å². The average Bonchev–Trinajstić information content (AvgIpc) is 2.39. The van der Waals surface area contributed by atoms with E-state index in [2.05, 4.69) is 35.3 Å². The minimum absolute atomic E-state index is 0.406. The van der Waals surface area contributed by atoms with Gasteiger partial charge in [-0.05, 0) is 38.3 Å². The maximum Gasteiger partial charge on any atom is 0.144 e. The van der Waals surface area contributed by atoms with Crippen molar-refractivity contribution in [1.82, 2.24) is 0 Å². The van der Waals surface area contributed by atoms with Gasteiger partial charge in [0.05, 0.1) is 11.7 Å². The lowest BCUT2D eigenvalue weighted by molar-refractivity contribution is 0.292. The molecule has 1 unspecified atom stereocenters. The van der Waals surface area contributed by atoms with Crippen LogP contribution in [0.3, 0.4) is 0 Å². The van der Waals surface area contributed by atoms with E-state index in [1.807, 2.05) is 0 Å². The number of nitrogens with zero attached hydrogens (tertiary/aromatic N) is 1. The molecule has 2 heterocycles. The van der Waals surface area contributed by atoms with Crippen LogP contribution < -0.4 is 15.0 Å². The molecule has 0 bridgehead atoms. The van der Waals surface area contributed by atoms with Crippen molar-refractivity contribution < 1.29 is 4.74 Å². The highest BCUT2D eigenvalue weighted by Crippen LogP contribution is 2.33. The van der Waals surface area contributed by atoms with E-state index >= 15 is 0 Å². The van der Waals surface area contributed by atoms with Crippen molar-refractivity contribution in [1.29, 1.82) is 0 Å². The first-order chi connectivity index (χ1) is 8.33. The molecule has 1 atom stereocenters. The third kappa shape index (κ3) is 2.19. The summed E-state index contributed by atoms with van der Waals surface area (Å²) in [6.07, 6.45) is 4.00. The first-order valence-corrected chi connectivity index (χ1v) is 6.61. The van der Waals surface area contributed by atoms with Gasteiger partial charge < -0.3 is 15.0 Å². The Morgan fingerprint density at radius 1 is 1.24 bits per heavy atom. The molecule has 3 rings (SSSR count). The van der Waals surface area contributed by atoms with Crippen LogP contribution in [0.1, 0.15) is 26.2 Å². The Bertz CT molecular complexity index is 399. The number of anilines is 2. The van der Waals surface area contributed by atoms with E-state index in [1.165, 1.54) is 38.0 Å². The highest BCUT2D eigenvalue weighted by atomic mass is 16.5. The molecule has 0 aromatic heterocycles. The summed E-state index contributed by atoms with van der Waals surface area (Å²) in [5.74, 6) is 1.01. The third-order valence-corrected chi connectivity index (χ3v) is 3.58. The molecule has 0 aliphatic carbocycles. The normalized spacial score (nSPS) is 23.6. The SMILES string of the molecule is CC1COc2cc(N3CCCCC3)ccc2N1. The van der Waals surface area contributed by atoms with Gasteiger partial charge in [0, 0.05) is 24.8 Å². The van der Waals surface area contributed by atoms with Crippen LogP contribution >= 0.6 is 0 Å². The van der Waals surface area contributed by atoms with E-state index in [0.717, 1.165) is 18.0 Å². The molecule has 17 heavy (non-hydrogen) atoms. The first kappa shape index (κ1) is 10.8. The molecule has 1 N–H and O–H groups in total. The van der Waals surface area contributed by atoms with Gasteiger partial charge >= 0.3 is 0 Å². The second-order valence-corrected chi connectivity index (χ2v) is 5.08. The minimum Gasteiger partial charge on any atom is -0.489 e. The zero-order valence-corrected chi connectivity index (χ0v) is 10.4. The summed E-state index contributed by atoms with van der Waals surface area (Å²) in [6.45, 7) is 5.27. The fourth-order valence-electron chi connectivity index (χ4n) is 2.62. The quantitative estimate of drug-likeness (QED) is 0.805. The first-order valence-electron chi connectivity index (χ1n) is 6.61. The van der Waals surface area contributed by atoms with Crippen LogP contribution in [0.2, 0.25) is 0 Å². The van der Waals surface area contributed by atoms with E-state index in [1.54, 1.807) is 0 Å². The summed E-state index contributed by atoms with van der Waals surface area (Å²) >= 11 is 0. The monoisotopic (exact) mass is 232 g/mol. The fraction of sp³-hybridized carbons (Fsp3) is 0.571. The van der Waals surface area contributed by atoms with Crippen molar-refractivity contribution in [2.24, 2.45) is 0 Å². The van der Waals surface area contributed by atoms with Gasteiger partial charge in [-0.3, -0.25) is 0 Å². The van der Waals surface area contributed by atoms with E-state index in [9.17, 15) is 0 Å². The van der Waals surface area contributed by atoms with Gasteiger partial charge in [-0.15, -0.1) is 0 Å². The summed E-state index contributed by atoms with van der Waals surface area (Å²) in [6, 6.07) is 6.94. The van der Waals surface area contributed by atoms with Gasteiger partial charge in [0.2, 0.25) is 0 Å². The molecule has 0 amide bonds. The summed E-state index contributed by atoms with van der Waals surface area (Å²) in [4.78, 5) is 2.46. The predicted molar refractivity (Wildman–Crippen MR) is 71.1 cm³/mol. The Labute approximate surface area is 103 Å². The maximum atomic E-state index is 5.78. The summed E-state index contributed by atoms with van der Waals surface area (Å²) < 4.78 is 5.78. The van der Waals surface area contributed by atoms with Crippen molar-refractivity contribution in [3.63, 3.8) is 0 Å². The highest BCUT2D eigenvalue weighted by Gasteiger charge is 2.17. The van der Waals surface area contributed by atoms with E-state index in [0.29, 0.717) is 6.04 Å². The third-order valence-electron chi connectivity index (χ3n) is 3.58. The van der Waals surface area contributed by atoms with Gasteiger partial charge in [0.25, 0.3) is 0 Å². The van der Waals surface area contributed by atoms with Crippen LogP contribution in [0.25, 0.3) is 0 Å². The topological polar surface area (TPSA) is 24.5 Å². The number of piperidine rings is 1. The molecule has 0 radical (unpaired) electrons. The minimum atomic E-state index is 0.406. The Balaban J connectivity index is 1.82. The number of hydrogen-bond acceptors (Lipinski definition) is 3. The van der Waals surface area contributed by atoms with Crippen molar-refractivity contribution in [2.45, 2.75) is 32.2 Å². The van der Waals surface area contributed by atoms with E-state index in [4.69, 9.17) is 4.74 Å². The van der Waals surface area contributed by atoms with Crippen LogP contribution in [-0.4, -0.2) is 25.7 Å². The summed E-state index contributed by atoms with van der Waals surface area (Å²) in [5.41, 5.74) is 2.43. The van der Waals surface area contributed by atoms with Crippen LogP contribution in [0.5, 0.6) is 5.75 Å². The molecule has 1 fully saturated rings. The predicted octanol–water partition coefficient (Wildman–Crippen LogP) is 2.87. The lowest BCUT2D eigenvalue weighted by Gasteiger charge is -2.31. The summed E-state index contributed by atoms with van der Waals surface area (Å²) in [7, 11) is 0. The van der Waals surface area contributed by atoms with Gasteiger partial charge in [0.15, 0.2) is 0 Å². The number of hydrogen-bond donors (Lipinski definition) is 1. The average molecular weight is 232 g/mol. The highest BCUT2D eigenvalue weighted by molar-refractivity contribution is 5.66. The molecular weight excluding hydrogens is 212 g/mol. The zero-order chi connectivity index (χ0) is 11.7. The number of benzene rings is 1. The number of rotatable bonds is 1. The van der Waals surface area contributed by atoms with Gasteiger partial charge in [0.1, 0.15) is 12.4 Å². The summed E-state index contributed by atoms with van der Waals surface area (Å²) in [5, 5.41) is 3.45. The van der Waals surface area contributed by atoms with Crippen molar-refractivity contribution in [3.8, 4) is 5.75 Å². The molecule has 0 spiro atoms. The Hall–Kier alpha value is -1.38. The van der Waals surface area contributed by atoms with Crippen molar-refractivity contribution in [3.05, 3.63) is 18.2 Å². The van der Waals surface area contributed by atoms with Gasteiger partial charge in [-0.2, -0.15) is 0 Å². The number of nitrogens with one attached hydrogen (secondary N) is 1. The second-order valence-electron chi connectivity index (χ2n) is 5.08. The second kappa shape index (κ2) is 4.47. The fourth-order valence-corrected chi connectivity index (χ4v) is 2.62. The Morgan fingerprint density at radius 3 is 2.88 bits per heavy atom.